The predicted molar refractivity (Wildman–Crippen MR) is 132 cm³/mol. The summed E-state index contributed by atoms with van der Waals surface area (Å²) in [5, 5.41) is 4.16. The molecule has 4 nitrogen and oxygen atoms in total. The molecule has 1 aromatic heterocycles. The summed E-state index contributed by atoms with van der Waals surface area (Å²) < 4.78 is 51.4. The number of ether oxygens (including phenoxy) is 1. The van der Waals surface area contributed by atoms with Gasteiger partial charge in [0.05, 0.1) is 23.7 Å². The van der Waals surface area contributed by atoms with Crippen LogP contribution in [0.25, 0.3) is 11.1 Å². The van der Waals surface area contributed by atoms with Gasteiger partial charge in [-0.25, -0.2) is 13.2 Å². The molecule has 0 spiro atoms. The Morgan fingerprint density at radius 1 is 1.06 bits per heavy atom. The Morgan fingerprint density at radius 3 is 2.46 bits per heavy atom. The number of nitrogens with zero attached hydrogens (tertiary/aromatic N) is 1. The molecule has 0 radical (unpaired) electrons. The molecule has 0 saturated heterocycles. The molecule has 5 rings (SSSR count). The Kier molecular flexibility index (Phi) is 6.68. The fourth-order valence-corrected chi connectivity index (χ4v) is 6.15. The molecule has 0 amide bonds. The average molecular weight is 501 g/mol. The summed E-state index contributed by atoms with van der Waals surface area (Å²) in [5.74, 6) is -0.538. The highest BCUT2D eigenvalue weighted by atomic mass is 32.2. The van der Waals surface area contributed by atoms with Gasteiger partial charge in [0.15, 0.2) is 11.6 Å². The van der Waals surface area contributed by atoms with Crippen LogP contribution in [0.2, 0.25) is 0 Å². The predicted octanol–water partition coefficient (Wildman–Crippen LogP) is 5.49. The number of benzene rings is 2. The molecule has 1 atom stereocenters. The van der Waals surface area contributed by atoms with Crippen LogP contribution in [0.5, 0.6) is 5.75 Å². The van der Waals surface area contributed by atoms with Crippen molar-refractivity contribution in [2.45, 2.75) is 37.3 Å². The molecule has 0 bridgehead atoms. The van der Waals surface area contributed by atoms with Gasteiger partial charge in [-0.1, -0.05) is 18.2 Å². The quantitative estimate of drug-likeness (QED) is 0.445. The molecule has 1 unspecified atom stereocenters. The lowest BCUT2D eigenvalue weighted by Crippen LogP contribution is -2.34. The molecule has 35 heavy (non-hydrogen) atoms. The fraction of sp³-hybridized carbons (Fsp3) is 0.370. The van der Waals surface area contributed by atoms with Crippen molar-refractivity contribution in [2.75, 3.05) is 26.0 Å². The van der Waals surface area contributed by atoms with Crippen molar-refractivity contribution in [1.82, 2.24) is 9.88 Å². The zero-order valence-electron chi connectivity index (χ0n) is 19.7. The van der Waals surface area contributed by atoms with Crippen LogP contribution < -0.4 is 15.6 Å². The van der Waals surface area contributed by atoms with Crippen LogP contribution in [-0.2, 0) is 6.42 Å². The van der Waals surface area contributed by atoms with Crippen molar-refractivity contribution in [2.24, 2.45) is 5.92 Å². The molecule has 3 aromatic rings. The smallest absolute Gasteiger partial charge is 0.260 e. The van der Waals surface area contributed by atoms with Crippen LogP contribution in [0, 0.1) is 30.3 Å². The van der Waals surface area contributed by atoms with E-state index < -0.39 is 17.5 Å². The number of pyridine rings is 1. The Bertz CT molecular complexity index is 1320. The number of halogens is 3. The fourth-order valence-electron chi connectivity index (χ4n) is 4.76. The Balaban J connectivity index is 1.67. The summed E-state index contributed by atoms with van der Waals surface area (Å²) in [5.41, 5.74) is 1.12. The van der Waals surface area contributed by atoms with Crippen LogP contribution in [0.3, 0.4) is 0 Å². The van der Waals surface area contributed by atoms with Gasteiger partial charge in [0.2, 0.25) is 0 Å². The number of rotatable bonds is 8. The van der Waals surface area contributed by atoms with Gasteiger partial charge in [0.1, 0.15) is 11.6 Å². The second-order valence-corrected chi connectivity index (χ2v) is 10.2. The maximum absolute atomic E-state index is 15.3. The van der Waals surface area contributed by atoms with E-state index in [1.807, 2.05) is 0 Å². The molecule has 1 fully saturated rings. The second kappa shape index (κ2) is 9.74. The lowest BCUT2D eigenvalue weighted by molar-refractivity contribution is 0.387. The van der Waals surface area contributed by atoms with Crippen LogP contribution >= 0.6 is 11.8 Å². The highest BCUT2D eigenvalue weighted by molar-refractivity contribution is 7.99. The van der Waals surface area contributed by atoms with E-state index in [9.17, 15) is 13.6 Å². The van der Waals surface area contributed by atoms with E-state index in [1.165, 1.54) is 56.0 Å². The zero-order valence-corrected chi connectivity index (χ0v) is 20.5. The van der Waals surface area contributed by atoms with Crippen LogP contribution in [0.15, 0.2) is 46.2 Å². The Hall–Kier alpha value is -2.71. The van der Waals surface area contributed by atoms with Crippen molar-refractivity contribution in [1.29, 1.82) is 0 Å². The minimum atomic E-state index is -0.644. The van der Waals surface area contributed by atoms with E-state index in [4.69, 9.17) is 4.74 Å². The molecule has 1 saturated carbocycles. The van der Waals surface area contributed by atoms with Gasteiger partial charge in [-0.3, -0.25) is 9.36 Å². The summed E-state index contributed by atoms with van der Waals surface area (Å²) >= 11 is 1.51. The maximum atomic E-state index is 15.3. The van der Waals surface area contributed by atoms with E-state index in [0.717, 1.165) is 6.54 Å². The third-order valence-corrected chi connectivity index (χ3v) is 8.16. The maximum Gasteiger partial charge on any atom is 0.260 e. The highest BCUT2D eigenvalue weighted by Crippen LogP contribution is 2.40. The number of hydrogen-bond acceptors (Lipinski definition) is 4. The molecular formula is C27H27F3N2O2S. The first-order valence-electron chi connectivity index (χ1n) is 11.8. The summed E-state index contributed by atoms with van der Waals surface area (Å²) in [4.78, 5) is 13.9. The number of hydrogen-bond donors (Lipinski definition) is 1. The van der Waals surface area contributed by atoms with Crippen LogP contribution in [0.1, 0.15) is 35.6 Å². The van der Waals surface area contributed by atoms with Crippen LogP contribution in [0.4, 0.5) is 13.2 Å². The van der Waals surface area contributed by atoms with Gasteiger partial charge in [0.25, 0.3) is 5.56 Å². The minimum Gasteiger partial charge on any atom is -0.494 e. The Labute approximate surface area is 206 Å². The monoisotopic (exact) mass is 500 g/mol. The first-order valence-corrected chi connectivity index (χ1v) is 12.8. The third-order valence-electron chi connectivity index (χ3n) is 6.89. The zero-order chi connectivity index (χ0) is 24.7. The number of thioether (sulfide) groups is 1. The molecule has 184 valence electrons. The number of nitrogens with one attached hydrogen (secondary N) is 1. The largest absolute Gasteiger partial charge is 0.494 e. The normalized spacial score (nSPS) is 17.0. The molecule has 1 aliphatic heterocycles. The molecule has 1 N–H and O–H groups in total. The highest BCUT2D eigenvalue weighted by Gasteiger charge is 2.32. The molecule has 8 heteroatoms. The van der Waals surface area contributed by atoms with Crippen molar-refractivity contribution in [3.63, 3.8) is 0 Å². The lowest BCUT2D eigenvalue weighted by atomic mass is 9.94. The second-order valence-electron chi connectivity index (χ2n) is 9.22. The minimum absolute atomic E-state index is 0.0329. The summed E-state index contributed by atoms with van der Waals surface area (Å²) in [6, 6.07) is 8.31. The number of aromatic nitrogens is 1. The van der Waals surface area contributed by atoms with Gasteiger partial charge in [0, 0.05) is 29.8 Å². The van der Waals surface area contributed by atoms with Crippen molar-refractivity contribution >= 4 is 11.8 Å². The summed E-state index contributed by atoms with van der Waals surface area (Å²) in [6.45, 7) is 3.23. The standard InChI is InChI=1S/C27H27F3N2O2S/c1-15-19(11-20-21(28)6-4-7-22(20)29)27-32(17(14-35-27)13-31-12-16-9-10-16)26(33)24(15)18-5-3-8-23(34-2)25(18)30/h3-8,16-17,31H,9-14H2,1-2H3. The van der Waals surface area contributed by atoms with Crippen molar-refractivity contribution < 1.29 is 17.9 Å². The van der Waals surface area contributed by atoms with Crippen molar-refractivity contribution in [3.05, 3.63) is 80.9 Å². The van der Waals surface area contributed by atoms with E-state index in [0.29, 0.717) is 34.4 Å². The van der Waals surface area contributed by atoms with Crippen molar-refractivity contribution in [3.8, 4) is 16.9 Å². The van der Waals surface area contributed by atoms with E-state index in [1.54, 1.807) is 23.6 Å². The molecule has 2 heterocycles. The SMILES string of the molecule is COc1cccc(-c2c(C)c(Cc3c(F)cccc3F)c3n(c2=O)C(CNCC2CC2)CS3)c1F. The summed E-state index contributed by atoms with van der Waals surface area (Å²) in [6.07, 6.45) is 2.41. The van der Waals surface area contributed by atoms with E-state index in [-0.39, 0.29) is 40.5 Å². The lowest BCUT2D eigenvalue weighted by Gasteiger charge is -2.21. The molecule has 2 aromatic carbocycles. The number of fused-ring (bicyclic) bond motifs is 1. The van der Waals surface area contributed by atoms with Crippen LogP contribution in [-0.4, -0.2) is 30.5 Å². The van der Waals surface area contributed by atoms with Gasteiger partial charge in [-0.15, -0.1) is 11.8 Å². The molecular weight excluding hydrogens is 473 g/mol. The first-order chi connectivity index (χ1) is 16.9. The van der Waals surface area contributed by atoms with Gasteiger partial charge in [-0.2, -0.15) is 0 Å². The first kappa shape index (κ1) is 24.0. The molecule has 1 aliphatic carbocycles. The number of methoxy groups -OCH3 is 1. The van der Waals surface area contributed by atoms with E-state index in [2.05, 4.69) is 5.32 Å². The van der Waals surface area contributed by atoms with Gasteiger partial charge < -0.3 is 10.1 Å². The summed E-state index contributed by atoms with van der Waals surface area (Å²) in [7, 11) is 1.37. The van der Waals surface area contributed by atoms with E-state index >= 15 is 4.39 Å². The molecule has 2 aliphatic rings. The average Bonchev–Trinajstić information content (AvgIpc) is 3.57. The van der Waals surface area contributed by atoms with Gasteiger partial charge >= 0.3 is 0 Å². The topological polar surface area (TPSA) is 43.3 Å². The third kappa shape index (κ3) is 4.49. The Morgan fingerprint density at radius 2 is 1.77 bits per heavy atom. The van der Waals surface area contributed by atoms with Gasteiger partial charge in [-0.05, 0) is 61.6 Å².